The molecule has 11 rings (SSSR count). The summed E-state index contributed by atoms with van der Waals surface area (Å²) >= 11 is 0. The van der Waals surface area contributed by atoms with Crippen LogP contribution in [0, 0.1) is 40.9 Å². The molecule has 0 saturated heterocycles. The second-order valence-corrected chi connectivity index (χ2v) is 18.1. The van der Waals surface area contributed by atoms with Crippen molar-refractivity contribution in [3.8, 4) is 0 Å². The van der Waals surface area contributed by atoms with Crippen molar-refractivity contribution in [2.24, 2.45) is 40.9 Å². The number of benzene rings is 3. The molecule has 6 bridgehead atoms. The highest BCUT2D eigenvalue weighted by molar-refractivity contribution is 6.02. The van der Waals surface area contributed by atoms with Crippen molar-refractivity contribution in [1.29, 1.82) is 0 Å². The van der Waals surface area contributed by atoms with Crippen LogP contribution < -0.4 is 16.0 Å². The summed E-state index contributed by atoms with van der Waals surface area (Å²) in [6.45, 7) is 0.626. The first-order valence-electron chi connectivity index (χ1n) is 20.7. The van der Waals surface area contributed by atoms with Gasteiger partial charge in [0, 0.05) is 24.1 Å². The second-order valence-electron chi connectivity index (χ2n) is 18.1. The van der Waals surface area contributed by atoms with Gasteiger partial charge >= 0.3 is 11.9 Å². The van der Waals surface area contributed by atoms with Gasteiger partial charge in [-0.05, 0) is 114 Å². The van der Waals surface area contributed by atoms with E-state index in [1.54, 1.807) is 0 Å². The Kier molecular flexibility index (Phi) is 9.49. The summed E-state index contributed by atoms with van der Waals surface area (Å²) in [5.74, 6) is -3.45. The van der Waals surface area contributed by atoms with E-state index >= 15 is 4.79 Å². The largest absolute Gasteiger partial charge is 0.478 e. The molecule has 10 nitrogen and oxygen atoms in total. The molecule has 8 aliphatic carbocycles. The maximum Gasteiger partial charge on any atom is 0.335 e. The Morgan fingerprint density at radius 2 is 1.14 bits per heavy atom. The number of amides is 3. The van der Waals surface area contributed by atoms with E-state index < -0.39 is 41.6 Å². The molecule has 3 atom stereocenters. The number of anilines is 1. The summed E-state index contributed by atoms with van der Waals surface area (Å²) in [6.07, 6.45) is 12.8. The van der Waals surface area contributed by atoms with Crippen LogP contribution >= 0.6 is 0 Å². The SMILES string of the molecule is O=C(O)c1cc(NC(=O)[C@H](CC2CCCCC2)NC(=O)C2C3c4ccccc4C(c4ccccc43)C2C(=O)NCC23CC4CC(CC(C4)C2)C3)cc(C(=O)O)c1. The third kappa shape index (κ3) is 6.68. The van der Waals surface area contributed by atoms with E-state index in [2.05, 4.69) is 40.2 Å². The molecule has 8 aliphatic rings. The molecule has 3 amide bonds. The third-order valence-electron chi connectivity index (χ3n) is 14.5. The lowest BCUT2D eigenvalue weighted by Gasteiger charge is -2.57. The summed E-state index contributed by atoms with van der Waals surface area (Å²) < 4.78 is 0. The standard InChI is InChI=1S/C46H51N3O7/c50-41(48-31-19-29(44(53)54)18-30(20-31)45(55)56)36(17-25-8-2-1-3-9-25)49-43(52)40-38-34-12-6-4-10-32(34)37(33-11-5-7-13-35(33)38)39(40)42(51)47-24-46-21-26-14-27(22-46)16-28(15-26)23-46/h4-7,10-13,18-20,25-28,36-40H,1-3,8-9,14-17,21-24H2,(H,47,51)(H,48,50)(H,49,52)(H,53,54)(H,55,56)/t26?,27?,28?,36-,37?,38?,39?,40?,46?/m0/s1. The maximum absolute atomic E-state index is 15.1. The zero-order valence-electron chi connectivity index (χ0n) is 31.7. The maximum atomic E-state index is 15.1. The topological polar surface area (TPSA) is 162 Å². The third-order valence-corrected chi connectivity index (χ3v) is 14.5. The monoisotopic (exact) mass is 757 g/mol. The fourth-order valence-corrected chi connectivity index (χ4v) is 12.6. The van der Waals surface area contributed by atoms with Crippen molar-refractivity contribution < 1.29 is 34.2 Å². The van der Waals surface area contributed by atoms with E-state index in [1.165, 1.54) is 31.4 Å². The predicted octanol–water partition coefficient (Wildman–Crippen LogP) is 7.33. The molecular formula is C46H51N3O7. The fourth-order valence-electron chi connectivity index (χ4n) is 12.6. The van der Waals surface area contributed by atoms with E-state index in [0.29, 0.717) is 13.0 Å². The number of hydrogen-bond acceptors (Lipinski definition) is 5. The summed E-state index contributed by atoms with van der Waals surface area (Å²) in [5, 5.41) is 28.7. The summed E-state index contributed by atoms with van der Waals surface area (Å²) in [7, 11) is 0. The predicted molar refractivity (Wildman–Crippen MR) is 209 cm³/mol. The number of carbonyl (C=O) groups is 5. The average molecular weight is 758 g/mol. The van der Waals surface area contributed by atoms with Crippen LogP contribution in [0.25, 0.3) is 0 Å². The van der Waals surface area contributed by atoms with Gasteiger partial charge < -0.3 is 26.2 Å². The van der Waals surface area contributed by atoms with Gasteiger partial charge in [-0.3, -0.25) is 14.4 Å². The van der Waals surface area contributed by atoms with Crippen LogP contribution in [0.1, 0.15) is 132 Å². The van der Waals surface area contributed by atoms with Gasteiger partial charge in [-0.1, -0.05) is 80.6 Å². The highest BCUT2D eigenvalue weighted by Gasteiger charge is 2.56. The zero-order chi connectivity index (χ0) is 38.7. The van der Waals surface area contributed by atoms with Gasteiger partial charge in [0.05, 0.1) is 23.0 Å². The summed E-state index contributed by atoms with van der Waals surface area (Å²) in [5.41, 5.74) is 3.79. The lowest BCUT2D eigenvalue weighted by molar-refractivity contribution is -0.139. The molecule has 0 radical (unpaired) electrons. The van der Waals surface area contributed by atoms with Gasteiger partial charge in [0.15, 0.2) is 0 Å². The van der Waals surface area contributed by atoms with Crippen LogP contribution in [-0.2, 0) is 14.4 Å². The van der Waals surface area contributed by atoms with Crippen molar-refractivity contribution in [2.45, 2.75) is 94.9 Å². The molecule has 0 aromatic heterocycles. The van der Waals surface area contributed by atoms with Gasteiger partial charge in [-0.2, -0.15) is 0 Å². The van der Waals surface area contributed by atoms with E-state index in [9.17, 15) is 29.4 Å². The van der Waals surface area contributed by atoms with Gasteiger partial charge in [0.2, 0.25) is 17.7 Å². The average Bonchev–Trinajstić information content (AvgIpc) is 3.19. The molecule has 3 aromatic rings. The zero-order valence-corrected chi connectivity index (χ0v) is 31.7. The Morgan fingerprint density at radius 1 is 0.661 bits per heavy atom. The number of fused-ring (bicyclic) bond motifs is 1. The van der Waals surface area contributed by atoms with Gasteiger partial charge in [-0.15, -0.1) is 0 Å². The minimum atomic E-state index is -1.32. The number of hydrogen-bond donors (Lipinski definition) is 5. The Morgan fingerprint density at radius 3 is 1.62 bits per heavy atom. The van der Waals surface area contributed by atoms with Crippen molar-refractivity contribution in [1.82, 2.24) is 10.6 Å². The smallest absolute Gasteiger partial charge is 0.335 e. The minimum Gasteiger partial charge on any atom is -0.478 e. The molecule has 2 unspecified atom stereocenters. The van der Waals surface area contributed by atoms with Crippen LogP contribution in [-0.4, -0.2) is 52.5 Å². The first-order chi connectivity index (χ1) is 27.1. The Balaban J connectivity index is 1.04. The normalized spacial score (nSPS) is 30.1. The van der Waals surface area contributed by atoms with Crippen LogP contribution in [0.2, 0.25) is 0 Å². The molecule has 292 valence electrons. The number of nitrogens with one attached hydrogen (secondary N) is 3. The van der Waals surface area contributed by atoms with Gasteiger partial charge in [-0.25, -0.2) is 9.59 Å². The number of carboxylic acids is 2. The van der Waals surface area contributed by atoms with E-state index in [4.69, 9.17) is 0 Å². The molecular weight excluding hydrogens is 707 g/mol. The summed E-state index contributed by atoms with van der Waals surface area (Å²) in [4.78, 5) is 68.0. The van der Waals surface area contributed by atoms with Crippen LogP contribution in [0.4, 0.5) is 5.69 Å². The summed E-state index contributed by atoms with van der Waals surface area (Å²) in [6, 6.07) is 18.8. The van der Waals surface area contributed by atoms with E-state index in [0.717, 1.165) is 97.4 Å². The first-order valence-corrected chi connectivity index (χ1v) is 20.7. The van der Waals surface area contributed by atoms with Crippen molar-refractivity contribution >= 4 is 35.3 Å². The molecule has 56 heavy (non-hydrogen) atoms. The van der Waals surface area contributed by atoms with Crippen LogP contribution in [0.5, 0.6) is 0 Å². The van der Waals surface area contributed by atoms with E-state index in [-0.39, 0.29) is 45.9 Å². The highest BCUT2D eigenvalue weighted by atomic mass is 16.4. The second kappa shape index (κ2) is 14.5. The highest BCUT2D eigenvalue weighted by Crippen LogP contribution is 2.61. The molecule has 0 aliphatic heterocycles. The van der Waals surface area contributed by atoms with Crippen molar-refractivity contribution in [3.05, 3.63) is 100 Å². The molecule has 10 heteroatoms. The minimum absolute atomic E-state index is 0.0247. The van der Waals surface area contributed by atoms with Crippen molar-refractivity contribution in [3.63, 3.8) is 0 Å². The quantitative estimate of drug-likeness (QED) is 0.137. The molecule has 5 N–H and O–H groups in total. The lowest BCUT2D eigenvalue weighted by Crippen LogP contribution is -2.57. The number of aromatic carboxylic acids is 2. The molecule has 3 aromatic carbocycles. The van der Waals surface area contributed by atoms with Crippen molar-refractivity contribution in [2.75, 3.05) is 11.9 Å². The molecule has 5 saturated carbocycles. The van der Waals surface area contributed by atoms with E-state index in [1.807, 2.05) is 24.3 Å². The first kappa shape index (κ1) is 36.6. The Bertz CT molecular complexity index is 1970. The van der Waals surface area contributed by atoms with Crippen LogP contribution in [0.3, 0.4) is 0 Å². The number of carboxylic acid groups (broad SMARTS) is 2. The Hall–Kier alpha value is -4.99. The molecule has 0 spiro atoms. The number of carbonyl (C=O) groups excluding carboxylic acids is 3. The number of rotatable bonds is 11. The molecule has 0 heterocycles. The van der Waals surface area contributed by atoms with Gasteiger partial charge in [0.25, 0.3) is 0 Å². The molecule has 5 fully saturated rings. The Labute approximate surface area is 327 Å². The van der Waals surface area contributed by atoms with Gasteiger partial charge in [0.1, 0.15) is 6.04 Å². The van der Waals surface area contributed by atoms with Crippen LogP contribution in [0.15, 0.2) is 66.7 Å². The fraction of sp³-hybridized carbons (Fsp3) is 0.500. The lowest BCUT2D eigenvalue weighted by atomic mass is 9.49.